The van der Waals surface area contributed by atoms with Crippen molar-refractivity contribution in [2.24, 2.45) is 0 Å². The van der Waals surface area contributed by atoms with E-state index in [0.29, 0.717) is 22.7 Å². The monoisotopic (exact) mass is 319 g/mol. The molecule has 118 valence electrons. The van der Waals surface area contributed by atoms with E-state index < -0.39 is 11.8 Å². The van der Waals surface area contributed by atoms with Gasteiger partial charge < -0.3 is 18.9 Å². The average Bonchev–Trinajstić information content (AvgIpc) is 3.13. The highest BCUT2D eigenvalue weighted by Gasteiger charge is 2.18. The number of ether oxygens (including phenoxy) is 1. The van der Waals surface area contributed by atoms with Gasteiger partial charge in [-0.05, 0) is 24.2 Å². The molecule has 0 aromatic carbocycles. The summed E-state index contributed by atoms with van der Waals surface area (Å²) in [6.45, 7) is 1.69. The molecular weight excluding hydrogens is 309 g/mol. The van der Waals surface area contributed by atoms with Crippen molar-refractivity contribution in [1.82, 2.24) is 15.3 Å². The fourth-order valence-electron chi connectivity index (χ4n) is 1.85. The number of hydrogen-bond donors (Lipinski definition) is 1. The first-order valence-electron chi connectivity index (χ1n) is 6.44. The number of aryl methyl sites for hydroxylation is 1. The number of carboxylic acid groups (broad SMARTS) is 1. The molecule has 3 heterocycles. The molecule has 0 radical (unpaired) electrons. The van der Waals surface area contributed by atoms with Crippen LogP contribution in [0.5, 0.6) is 5.88 Å². The first-order valence-corrected chi connectivity index (χ1v) is 6.44. The molecule has 3 aromatic heterocycles. The Morgan fingerprint density at radius 3 is 2.83 bits per heavy atom. The molecule has 0 fully saturated rings. The lowest BCUT2D eigenvalue weighted by molar-refractivity contribution is 0.0651. The Bertz CT molecular complexity index is 840. The molecule has 0 atom stereocenters. The second-order valence-electron chi connectivity index (χ2n) is 4.55. The highest BCUT2D eigenvalue weighted by molar-refractivity contribution is 5.84. The Morgan fingerprint density at radius 2 is 2.17 bits per heavy atom. The normalized spacial score (nSPS) is 10.7. The summed E-state index contributed by atoms with van der Waals surface area (Å²) in [5.41, 5.74) is 1.42. The van der Waals surface area contributed by atoms with Crippen LogP contribution >= 0.6 is 0 Å². The zero-order chi connectivity index (χ0) is 16.4. The van der Waals surface area contributed by atoms with Crippen LogP contribution in [0.3, 0.4) is 0 Å². The summed E-state index contributed by atoms with van der Waals surface area (Å²) in [7, 11) is 0. The number of pyridine rings is 1. The number of aromatic nitrogens is 3. The molecule has 3 aromatic rings. The molecule has 23 heavy (non-hydrogen) atoms. The molecule has 9 heteroatoms. The van der Waals surface area contributed by atoms with Crippen LogP contribution in [-0.4, -0.2) is 26.4 Å². The third kappa shape index (κ3) is 3.03. The quantitative estimate of drug-likeness (QED) is 0.763. The molecule has 0 amide bonds. The van der Waals surface area contributed by atoms with Crippen molar-refractivity contribution in [2.75, 3.05) is 0 Å². The minimum Gasteiger partial charge on any atom is -0.475 e. The number of aromatic carboxylic acids is 1. The van der Waals surface area contributed by atoms with Gasteiger partial charge in [-0.25, -0.2) is 9.18 Å². The largest absolute Gasteiger partial charge is 0.475 e. The van der Waals surface area contributed by atoms with E-state index in [1.807, 2.05) is 0 Å². The molecule has 0 aliphatic heterocycles. The first-order chi connectivity index (χ1) is 11.0. The molecule has 0 saturated heterocycles. The minimum absolute atomic E-state index is 0.00924. The second kappa shape index (κ2) is 5.87. The Balaban J connectivity index is 1.81. The first kappa shape index (κ1) is 14.7. The van der Waals surface area contributed by atoms with Crippen molar-refractivity contribution in [3.63, 3.8) is 0 Å². The van der Waals surface area contributed by atoms with Gasteiger partial charge in [0, 0.05) is 0 Å². The number of rotatable bonds is 5. The SMILES string of the molecule is Cc1onc(-c2ccc(F)cn2)c1COc1cc(C(=O)O)on1. The van der Waals surface area contributed by atoms with Gasteiger partial charge >= 0.3 is 5.97 Å². The maximum atomic E-state index is 12.9. The standard InChI is InChI=1S/C14H10FN3O5/c1-7-9(6-21-12-4-11(14(19)20)23-17-12)13(18-22-7)10-3-2-8(15)5-16-10/h2-5H,6H2,1H3,(H,19,20). The van der Waals surface area contributed by atoms with Gasteiger partial charge in [0.25, 0.3) is 5.88 Å². The van der Waals surface area contributed by atoms with Crippen LogP contribution in [0.2, 0.25) is 0 Å². The highest BCUT2D eigenvalue weighted by atomic mass is 19.1. The summed E-state index contributed by atoms with van der Waals surface area (Å²) >= 11 is 0. The van der Waals surface area contributed by atoms with E-state index in [9.17, 15) is 9.18 Å². The van der Waals surface area contributed by atoms with Crippen LogP contribution in [0.25, 0.3) is 11.4 Å². The smallest absolute Gasteiger partial charge is 0.374 e. The Kier molecular flexibility index (Phi) is 3.75. The Morgan fingerprint density at radius 1 is 1.35 bits per heavy atom. The summed E-state index contributed by atoms with van der Waals surface area (Å²) in [5, 5.41) is 16.1. The van der Waals surface area contributed by atoms with Gasteiger partial charge in [0.1, 0.15) is 23.9 Å². The number of carboxylic acids is 1. The van der Waals surface area contributed by atoms with E-state index in [1.54, 1.807) is 6.92 Å². The lowest BCUT2D eigenvalue weighted by Gasteiger charge is -2.03. The van der Waals surface area contributed by atoms with E-state index in [-0.39, 0.29) is 18.2 Å². The number of nitrogens with zero attached hydrogens (tertiary/aromatic N) is 3. The van der Waals surface area contributed by atoms with Gasteiger partial charge in [0.05, 0.1) is 23.5 Å². The van der Waals surface area contributed by atoms with Crippen molar-refractivity contribution in [2.45, 2.75) is 13.5 Å². The predicted octanol–water partition coefficient (Wildman–Crippen LogP) is 2.45. The van der Waals surface area contributed by atoms with Gasteiger partial charge in [-0.3, -0.25) is 4.98 Å². The van der Waals surface area contributed by atoms with Crippen LogP contribution < -0.4 is 4.74 Å². The molecule has 1 N–H and O–H groups in total. The number of carbonyl (C=O) groups is 1. The van der Waals surface area contributed by atoms with E-state index in [0.717, 1.165) is 12.3 Å². The fraction of sp³-hybridized carbons (Fsp3) is 0.143. The maximum absolute atomic E-state index is 12.9. The molecule has 3 rings (SSSR count). The van der Waals surface area contributed by atoms with Gasteiger partial charge in [-0.2, -0.15) is 0 Å². The van der Waals surface area contributed by atoms with Crippen LogP contribution in [0.4, 0.5) is 4.39 Å². The zero-order valence-electron chi connectivity index (χ0n) is 11.8. The van der Waals surface area contributed by atoms with Crippen LogP contribution in [-0.2, 0) is 6.61 Å². The van der Waals surface area contributed by atoms with Crippen LogP contribution in [0, 0.1) is 12.7 Å². The molecule has 0 unspecified atom stereocenters. The van der Waals surface area contributed by atoms with Crippen molar-refractivity contribution in [1.29, 1.82) is 0 Å². The topological polar surface area (TPSA) is 111 Å². The van der Waals surface area contributed by atoms with E-state index in [4.69, 9.17) is 14.4 Å². The summed E-state index contributed by atoms with van der Waals surface area (Å²) < 4.78 is 28.0. The predicted molar refractivity (Wildman–Crippen MR) is 72.2 cm³/mol. The minimum atomic E-state index is -1.25. The molecule has 8 nitrogen and oxygen atoms in total. The summed E-state index contributed by atoms with van der Waals surface area (Å²) in [6, 6.07) is 3.88. The van der Waals surface area contributed by atoms with Crippen molar-refractivity contribution < 1.29 is 28.1 Å². The van der Waals surface area contributed by atoms with Crippen molar-refractivity contribution >= 4 is 5.97 Å². The van der Waals surface area contributed by atoms with Gasteiger partial charge in [0.2, 0.25) is 5.76 Å². The third-order valence-electron chi connectivity index (χ3n) is 3.02. The molecule has 0 saturated carbocycles. The summed E-state index contributed by atoms with van der Waals surface area (Å²) in [6.07, 6.45) is 1.07. The molecule has 0 aliphatic rings. The van der Waals surface area contributed by atoms with Crippen LogP contribution in [0.15, 0.2) is 33.4 Å². The van der Waals surface area contributed by atoms with Gasteiger partial charge in [-0.15, -0.1) is 0 Å². The summed E-state index contributed by atoms with van der Waals surface area (Å²) in [4.78, 5) is 14.7. The number of halogens is 1. The Hall–Kier alpha value is -3.23. The lowest BCUT2D eigenvalue weighted by Crippen LogP contribution is -1.99. The van der Waals surface area contributed by atoms with E-state index in [2.05, 4.69) is 19.8 Å². The van der Waals surface area contributed by atoms with E-state index >= 15 is 0 Å². The van der Waals surface area contributed by atoms with Gasteiger partial charge in [-0.1, -0.05) is 5.16 Å². The summed E-state index contributed by atoms with van der Waals surface area (Å²) in [5.74, 6) is -1.53. The molecule has 0 aliphatic carbocycles. The van der Waals surface area contributed by atoms with Gasteiger partial charge in [0.15, 0.2) is 0 Å². The van der Waals surface area contributed by atoms with E-state index in [1.165, 1.54) is 12.1 Å². The second-order valence-corrected chi connectivity index (χ2v) is 4.55. The van der Waals surface area contributed by atoms with Crippen molar-refractivity contribution in [3.8, 4) is 17.3 Å². The fourth-order valence-corrected chi connectivity index (χ4v) is 1.85. The third-order valence-corrected chi connectivity index (χ3v) is 3.02. The lowest BCUT2D eigenvalue weighted by atomic mass is 10.1. The highest BCUT2D eigenvalue weighted by Crippen LogP contribution is 2.25. The van der Waals surface area contributed by atoms with Crippen LogP contribution in [0.1, 0.15) is 21.9 Å². The zero-order valence-corrected chi connectivity index (χ0v) is 11.8. The Labute approximate surface area is 128 Å². The average molecular weight is 319 g/mol. The molecular formula is C14H10FN3O5. The molecule has 0 spiro atoms. The number of hydrogen-bond acceptors (Lipinski definition) is 7. The molecule has 0 bridgehead atoms. The van der Waals surface area contributed by atoms with Crippen molar-refractivity contribution in [3.05, 3.63) is 47.3 Å². The maximum Gasteiger partial charge on any atom is 0.374 e.